The molecule has 32 heavy (non-hydrogen) atoms. The summed E-state index contributed by atoms with van der Waals surface area (Å²) in [6, 6.07) is 9.10. The van der Waals surface area contributed by atoms with Crippen LogP contribution in [0.4, 0.5) is 5.69 Å². The van der Waals surface area contributed by atoms with E-state index in [4.69, 9.17) is 0 Å². The number of rotatable bonds is 3. The first-order valence-electron chi connectivity index (χ1n) is 12.3. The lowest BCUT2D eigenvalue weighted by molar-refractivity contribution is -0.114. The molecule has 2 saturated carbocycles. The van der Waals surface area contributed by atoms with Gasteiger partial charge in [0.05, 0.1) is 5.34 Å². The third-order valence-electron chi connectivity index (χ3n) is 9.39. The Hall–Kier alpha value is -1.38. The normalized spacial score (nSPS) is 37.3. The quantitative estimate of drug-likeness (QED) is 0.522. The molecule has 0 saturated heterocycles. The molecule has 2 fully saturated rings. The Bertz CT molecular complexity index is 997. The van der Waals surface area contributed by atoms with E-state index in [9.17, 15) is 9.90 Å². The maximum absolute atomic E-state index is 12.2. The molecule has 0 bridgehead atoms. The lowest BCUT2D eigenvalue weighted by Crippen LogP contribution is -2.50. The van der Waals surface area contributed by atoms with Gasteiger partial charge in [0.2, 0.25) is 0 Å². The van der Waals surface area contributed by atoms with Gasteiger partial charge in [-0.2, -0.15) is 0 Å². The highest BCUT2D eigenvalue weighted by molar-refractivity contribution is 7.82. The minimum atomic E-state index is -0.538. The molecule has 170 valence electrons. The number of allylic oxidation sites excluding steroid dienone is 4. The van der Waals surface area contributed by atoms with Crippen molar-refractivity contribution in [3.63, 3.8) is 0 Å². The summed E-state index contributed by atoms with van der Waals surface area (Å²) in [5.74, 6) is 1.73. The van der Waals surface area contributed by atoms with Crippen molar-refractivity contribution in [3.8, 4) is 0 Å². The van der Waals surface area contributed by atoms with Crippen molar-refractivity contribution in [2.75, 3.05) is 25.7 Å². The monoisotopic (exact) mass is 449 g/mol. The van der Waals surface area contributed by atoms with Gasteiger partial charge in [-0.05, 0) is 91.9 Å². The standard InChI is InChI=1S/C27H37BNO2P/c1-26-16-23(17-5-8-19(9-6-17)29(2)3)25-21-12-10-20(30)15-18(21)7-11-22(25)24(26)13-14-27(26,31)32(4)28/h5-6,8-9,15,22-24,31H,7,10-14,16,28H2,1-4H3/t22-,23+,24-,26-,27+,32?/m0/s1. The zero-order chi connectivity index (χ0) is 22.8. The fourth-order valence-electron chi connectivity index (χ4n) is 7.68. The van der Waals surface area contributed by atoms with Crippen molar-refractivity contribution in [1.82, 2.24) is 0 Å². The van der Waals surface area contributed by atoms with Gasteiger partial charge in [0.1, 0.15) is 7.57 Å². The number of benzene rings is 1. The summed E-state index contributed by atoms with van der Waals surface area (Å²) < 4.78 is 0. The molecule has 4 aliphatic carbocycles. The summed E-state index contributed by atoms with van der Waals surface area (Å²) in [5.41, 5.74) is 6.98. The second kappa shape index (κ2) is 7.85. The van der Waals surface area contributed by atoms with Crippen LogP contribution in [0, 0.1) is 17.3 Å². The number of aliphatic hydroxyl groups is 1. The molecule has 1 N–H and O–H groups in total. The topological polar surface area (TPSA) is 40.5 Å². The number of nitrogens with zero attached hydrogens (tertiary/aromatic N) is 1. The number of carbonyl (C=O) groups is 1. The average molecular weight is 449 g/mol. The molecule has 0 aromatic heterocycles. The Morgan fingerprint density at radius 2 is 1.84 bits per heavy atom. The fraction of sp³-hybridized carbons (Fsp3) is 0.593. The SMILES string of the molecule is BP(C)[C@]1(O)CC[C@H]2[C@@H]3CCC4=CC(=O)CCC4=C3[C@@H](c3ccc(N(C)C)cc3)C[C@@]21C. The highest BCUT2D eigenvalue weighted by Crippen LogP contribution is 2.72. The molecule has 0 radical (unpaired) electrons. The summed E-state index contributed by atoms with van der Waals surface area (Å²) in [4.78, 5) is 14.3. The molecule has 5 rings (SSSR count). The average Bonchev–Trinajstić information content (AvgIpc) is 3.04. The van der Waals surface area contributed by atoms with Gasteiger partial charge in [-0.3, -0.25) is 4.79 Å². The Labute approximate surface area is 195 Å². The van der Waals surface area contributed by atoms with Gasteiger partial charge in [-0.1, -0.05) is 24.6 Å². The third kappa shape index (κ3) is 3.20. The maximum atomic E-state index is 12.2. The van der Waals surface area contributed by atoms with Gasteiger partial charge in [0.25, 0.3) is 0 Å². The number of ketones is 1. The highest BCUT2D eigenvalue weighted by Gasteiger charge is 2.63. The van der Waals surface area contributed by atoms with Crippen LogP contribution in [-0.4, -0.2) is 44.6 Å². The van der Waals surface area contributed by atoms with E-state index in [-0.39, 0.29) is 5.41 Å². The minimum absolute atomic E-state index is 0.0481. The number of carbonyl (C=O) groups excluding carboxylic acids is 1. The van der Waals surface area contributed by atoms with Crippen LogP contribution < -0.4 is 4.90 Å². The van der Waals surface area contributed by atoms with Crippen molar-refractivity contribution in [1.29, 1.82) is 0 Å². The summed E-state index contributed by atoms with van der Waals surface area (Å²) in [7, 11) is 6.00. The smallest absolute Gasteiger partial charge is 0.156 e. The van der Waals surface area contributed by atoms with Gasteiger partial charge < -0.3 is 10.0 Å². The van der Waals surface area contributed by atoms with Crippen molar-refractivity contribution in [2.45, 2.75) is 63.1 Å². The Balaban J connectivity index is 1.66. The summed E-state index contributed by atoms with van der Waals surface area (Å²) in [6.45, 7) is 4.68. The third-order valence-corrected chi connectivity index (χ3v) is 11.6. The first-order chi connectivity index (χ1) is 15.2. The molecule has 1 unspecified atom stereocenters. The van der Waals surface area contributed by atoms with Crippen LogP contribution in [0.5, 0.6) is 0 Å². The van der Waals surface area contributed by atoms with Gasteiger partial charge in [0.15, 0.2) is 5.78 Å². The van der Waals surface area contributed by atoms with E-state index in [0.717, 1.165) is 38.5 Å². The van der Waals surface area contributed by atoms with Crippen LogP contribution in [-0.2, 0) is 4.79 Å². The number of fused-ring (bicyclic) bond motifs is 4. The molecule has 0 spiro atoms. The second-order valence-electron chi connectivity index (χ2n) is 11.2. The number of hydrogen-bond acceptors (Lipinski definition) is 3. The van der Waals surface area contributed by atoms with Gasteiger partial charge in [-0.25, -0.2) is 0 Å². The largest absolute Gasteiger partial charge is 0.386 e. The van der Waals surface area contributed by atoms with Gasteiger partial charge in [0, 0.05) is 37.5 Å². The summed E-state index contributed by atoms with van der Waals surface area (Å²) in [5, 5.41) is 11.5. The molecule has 0 heterocycles. The maximum Gasteiger partial charge on any atom is 0.156 e. The van der Waals surface area contributed by atoms with E-state index in [2.05, 4.69) is 64.4 Å². The highest BCUT2D eigenvalue weighted by atomic mass is 31.1. The van der Waals surface area contributed by atoms with Crippen molar-refractivity contribution < 1.29 is 9.90 Å². The number of anilines is 1. The zero-order valence-corrected chi connectivity index (χ0v) is 21.2. The van der Waals surface area contributed by atoms with Gasteiger partial charge in [-0.15, -0.1) is 7.80 Å². The van der Waals surface area contributed by atoms with Crippen LogP contribution in [0.2, 0.25) is 0 Å². The molecule has 0 aliphatic heterocycles. The Kier molecular flexibility index (Phi) is 5.50. The fourth-order valence-corrected chi connectivity index (χ4v) is 9.54. The molecule has 3 nitrogen and oxygen atoms in total. The van der Waals surface area contributed by atoms with E-state index in [1.54, 1.807) is 5.57 Å². The second-order valence-corrected chi connectivity index (χ2v) is 13.8. The lowest BCUT2D eigenvalue weighted by atomic mass is 9.53. The molecular formula is C27H37BNO2P. The van der Waals surface area contributed by atoms with E-state index in [1.165, 1.54) is 22.4 Å². The molecule has 1 aromatic rings. The first kappa shape index (κ1) is 22.4. The molecule has 5 heteroatoms. The van der Waals surface area contributed by atoms with Crippen LogP contribution in [0.15, 0.2) is 47.1 Å². The zero-order valence-electron chi connectivity index (χ0n) is 20.3. The van der Waals surface area contributed by atoms with Crippen LogP contribution in [0.3, 0.4) is 0 Å². The Morgan fingerprint density at radius 1 is 1.12 bits per heavy atom. The van der Waals surface area contributed by atoms with Crippen molar-refractivity contribution in [2.24, 2.45) is 17.3 Å². The number of hydrogen-bond donors (Lipinski definition) is 1. The van der Waals surface area contributed by atoms with Crippen molar-refractivity contribution >= 4 is 26.8 Å². The summed E-state index contributed by atoms with van der Waals surface area (Å²) >= 11 is 0. The van der Waals surface area contributed by atoms with Crippen LogP contribution in [0.25, 0.3) is 0 Å². The molecule has 6 atom stereocenters. The molecular weight excluding hydrogens is 412 g/mol. The van der Waals surface area contributed by atoms with E-state index in [0.29, 0.717) is 30.0 Å². The van der Waals surface area contributed by atoms with E-state index in [1.807, 2.05) is 6.08 Å². The predicted molar refractivity (Wildman–Crippen MR) is 137 cm³/mol. The molecule has 1 aromatic carbocycles. The lowest BCUT2D eigenvalue weighted by Gasteiger charge is -2.56. The van der Waals surface area contributed by atoms with Crippen LogP contribution >= 0.6 is 7.80 Å². The summed E-state index contributed by atoms with van der Waals surface area (Å²) in [6.07, 6.45) is 8.77. The predicted octanol–water partition coefficient (Wildman–Crippen LogP) is 5.00. The molecule has 4 aliphatic rings. The first-order valence-corrected chi connectivity index (χ1v) is 14.5. The molecule has 0 amide bonds. The Morgan fingerprint density at radius 3 is 2.50 bits per heavy atom. The minimum Gasteiger partial charge on any atom is -0.386 e. The van der Waals surface area contributed by atoms with Gasteiger partial charge >= 0.3 is 0 Å². The van der Waals surface area contributed by atoms with E-state index >= 15 is 0 Å². The van der Waals surface area contributed by atoms with Crippen molar-refractivity contribution in [3.05, 3.63) is 52.6 Å². The van der Waals surface area contributed by atoms with E-state index < -0.39 is 13.1 Å². The van der Waals surface area contributed by atoms with Crippen LogP contribution in [0.1, 0.15) is 63.4 Å².